The van der Waals surface area contributed by atoms with Crippen molar-refractivity contribution < 1.29 is 18.3 Å². The van der Waals surface area contributed by atoms with Crippen LogP contribution in [0.4, 0.5) is 8.78 Å². The third-order valence-electron chi connectivity index (χ3n) is 4.74. The number of piperidine rings is 1. The zero-order chi connectivity index (χ0) is 15.0. The lowest BCUT2D eigenvalue weighted by Gasteiger charge is -2.46. The van der Waals surface area contributed by atoms with Gasteiger partial charge in [-0.15, -0.1) is 0 Å². The van der Waals surface area contributed by atoms with E-state index in [1.165, 1.54) is 12.1 Å². The molecule has 0 aliphatic carbocycles. The van der Waals surface area contributed by atoms with Gasteiger partial charge in [-0.2, -0.15) is 0 Å². The number of halogens is 2. The summed E-state index contributed by atoms with van der Waals surface area (Å²) in [6.07, 6.45) is 1.45. The van der Waals surface area contributed by atoms with Crippen LogP contribution in [0.15, 0.2) is 18.2 Å². The van der Waals surface area contributed by atoms with Gasteiger partial charge in [-0.05, 0) is 31.5 Å². The fourth-order valence-corrected chi connectivity index (χ4v) is 3.38. The van der Waals surface area contributed by atoms with E-state index in [1.807, 2.05) is 0 Å². The average molecular weight is 295 g/mol. The predicted octanol–water partition coefficient (Wildman–Crippen LogP) is 2.19. The van der Waals surface area contributed by atoms with E-state index in [0.717, 1.165) is 18.9 Å². The molecular formula is C16H19F2NO2. The van der Waals surface area contributed by atoms with E-state index in [0.29, 0.717) is 13.2 Å². The molecule has 2 unspecified atom stereocenters. The number of hydrogen-bond acceptors (Lipinski definition) is 3. The number of benzene rings is 1. The summed E-state index contributed by atoms with van der Waals surface area (Å²) >= 11 is 0. The van der Waals surface area contributed by atoms with Crippen molar-refractivity contribution in [1.82, 2.24) is 4.90 Å². The van der Waals surface area contributed by atoms with E-state index in [-0.39, 0.29) is 35.8 Å². The maximum absolute atomic E-state index is 13.7. The molecule has 2 saturated heterocycles. The molecule has 0 N–H and O–H groups in total. The van der Waals surface area contributed by atoms with Crippen LogP contribution in [-0.2, 0) is 16.0 Å². The van der Waals surface area contributed by atoms with E-state index >= 15 is 0 Å². The smallest absolute Gasteiger partial charge is 0.162 e. The van der Waals surface area contributed by atoms with Crippen LogP contribution in [-0.4, -0.2) is 43.0 Å². The maximum Gasteiger partial charge on any atom is 0.162 e. The van der Waals surface area contributed by atoms with Crippen molar-refractivity contribution in [2.24, 2.45) is 5.92 Å². The van der Waals surface area contributed by atoms with Gasteiger partial charge in [0.15, 0.2) is 11.6 Å². The number of ether oxygens (including phenoxy) is 1. The van der Waals surface area contributed by atoms with Crippen LogP contribution in [0.5, 0.6) is 0 Å². The summed E-state index contributed by atoms with van der Waals surface area (Å²) in [6, 6.07) is 4.50. The van der Waals surface area contributed by atoms with Crippen molar-refractivity contribution >= 4 is 5.78 Å². The molecule has 0 saturated carbocycles. The average Bonchev–Trinajstić information content (AvgIpc) is 2.43. The molecule has 2 aliphatic rings. The van der Waals surface area contributed by atoms with Crippen LogP contribution >= 0.6 is 0 Å². The van der Waals surface area contributed by atoms with Gasteiger partial charge >= 0.3 is 0 Å². The highest BCUT2D eigenvalue weighted by atomic mass is 19.2. The minimum atomic E-state index is -0.901. The first kappa shape index (κ1) is 14.6. The molecule has 0 amide bonds. The van der Waals surface area contributed by atoms with Crippen molar-refractivity contribution in [2.75, 3.05) is 20.3 Å². The number of Topliss-reactive ketones (excluding diaryl/α,β-unsaturated/α-hetero) is 1. The Balaban J connectivity index is 1.70. The second kappa shape index (κ2) is 5.81. The Bertz CT molecular complexity index is 535. The van der Waals surface area contributed by atoms with E-state index in [1.54, 1.807) is 0 Å². The number of rotatable bonds is 3. The molecular weight excluding hydrogens is 276 g/mol. The van der Waals surface area contributed by atoms with Crippen molar-refractivity contribution in [3.63, 3.8) is 0 Å². The topological polar surface area (TPSA) is 29.5 Å². The second-order valence-electron chi connectivity index (χ2n) is 6.03. The van der Waals surface area contributed by atoms with Gasteiger partial charge in [-0.3, -0.25) is 9.69 Å². The first-order valence-electron chi connectivity index (χ1n) is 7.31. The molecule has 2 fully saturated rings. The molecule has 5 heteroatoms. The summed E-state index contributed by atoms with van der Waals surface area (Å²) in [7, 11) is 2.06. The van der Waals surface area contributed by atoms with Crippen molar-refractivity contribution in [2.45, 2.75) is 31.3 Å². The van der Waals surface area contributed by atoms with Gasteiger partial charge in [-0.25, -0.2) is 8.78 Å². The highest BCUT2D eigenvalue weighted by Crippen LogP contribution is 2.31. The number of morpholine rings is 1. The summed E-state index contributed by atoms with van der Waals surface area (Å²) in [4.78, 5) is 14.7. The third-order valence-corrected chi connectivity index (χ3v) is 4.74. The first-order chi connectivity index (χ1) is 10.1. The lowest BCUT2D eigenvalue weighted by atomic mass is 9.81. The first-order valence-corrected chi connectivity index (χ1v) is 7.31. The Hall–Kier alpha value is -1.33. The molecule has 0 spiro atoms. The molecule has 2 aliphatic heterocycles. The molecule has 0 radical (unpaired) electrons. The van der Waals surface area contributed by atoms with Gasteiger partial charge in [0.25, 0.3) is 0 Å². The summed E-state index contributed by atoms with van der Waals surface area (Å²) in [6.45, 7) is 1.29. The van der Waals surface area contributed by atoms with Crippen molar-refractivity contribution in [3.05, 3.63) is 35.4 Å². The third kappa shape index (κ3) is 2.85. The Kier molecular flexibility index (Phi) is 4.04. The Morgan fingerprint density at radius 1 is 1.29 bits per heavy atom. The molecule has 21 heavy (non-hydrogen) atoms. The number of carbonyl (C=O) groups excluding carboxylic acids is 1. The monoisotopic (exact) mass is 295 g/mol. The van der Waals surface area contributed by atoms with Crippen molar-refractivity contribution in [1.29, 1.82) is 0 Å². The summed E-state index contributed by atoms with van der Waals surface area (Å²) < 4.78 is 32.4. The van der Waals surface area contributed by atoms with Gasteiger partial charge < -0.3 is 4.74 Å². The molecule has 0 aromatic heterocycles. The fourth-order valence-electron chi connectivity index (χ4n) is 3.38. The number of fused-ring (bicyclic) bond motifs is 2. The minimum absolute atomic E-state index is 0.00417. The Morgan fingerprint density at radius 2 is 1.95 bits per heavy atom. The molecule has 3 rings (SSSR count). The number of likely N-dealkylation sites (N-methyl/N-ethyl adjacent to an activating group) is 1. The summed E-state index contributed by atoms with van der Waals surface area (Å²) in [5, 5.41) is 0. The van der Waals surface area contributed by atoms with E-state index in [9.17, 15) is 13.6 Å². The van der Waals surface area contributed by atoms with Gasteiger partial charge in [0.1, 0.15) is 5.78 Å². The maximum atomic E-state index is 13.7. The molecule has 2 heterocycles. The normalized spacial score (nSPS) is 29.4. The van der Waals surface area contributed by atoms with Crippen LogP contribution < -0.4 is 0 Å². The number of ketones is 1. The SMILES string of the molecule is CN1C2COCC1CC(C(=O)Cc1cccc(F)c1F)C2. The van der Waals surface area contributed by atoms with Crippen LogP contribution in [0.1, 0.15) is 18.4 Å². The van der Waals surface area contributed by atoms with Crippen LogP contribution in [0.3, 0.4) is 0 Å². The zero-order valence-corrected chi connectivity index (χ0v) is 12.0. The largest absolute Gasteiger partial charge is 0.378 e. The Labute approximate surface area is 122 Å². The Morgan fingerprint density at radius 3 is 2.62 bits per heavy atom. The van der Waals surface area contributed by atoms with Gasteiger partial charge in [-0.1, -0.05) is 12.1 Å². The van der Waals surface area contributed by atoms with Gasteiger partial charge in [0, 0.05) is 24.4 Å². The lowest BCUT2D eigenvalue weighted by Crippen LogP contribution is -2.56. The van der Waals surface area contributed by atoms with Crippen LogP contribution in [0.2, 0.25) is 0 Å². The number of carbonyl (C=O) groups is 1. The highest BCUT2D eigenvalue weighted by molar-refractivity contribution is 5.83. The molecule has 3 nitrogen and oxygen atoms in total. The molecule has 114 valence electrons. The molecule has 1 aromatic carbocycles. The summed E-state index contributed by atoms with van der Waals surface area (Å²) in [5.41, 5.74) is 0.153. The highest BCUT2D eigenvalue weighted by Gasteiger charge is 2.39. The quantitative estimate of drug-likeness (QED) is 0.856. The standard InChI is InChI=1S/C16H19F2NO2/c1-19-12-5-11(6-13(19)9-21-8-12)15(20)7-10-3-2-4-14(17)16(10)18/h2-4,11-13H,5-9H2,1H3. The molecule has 2 atom stereocenters. The summed E-state index contributed by atoms with van der Waals surface area (Å²) in [5.74, 6) is -1.87. The zero-order valence-electron chi connectivity index (χ0n) is 12.0. The predicted molar refractivity (Wildman–Crippen MR) is 74.0 cm³/mol. The second-order valence-corrected chi connectivity index (χ2v) is 6.03. The lowest BCUT2D eigenvalue weighted by molar-refractivity contribution is -0.130. The van der Waals surface area contributed by atoms with E-state index in [4.69, 9.17) is 4.74 Å². The van der Waals surface area contributed by atoms with Gasteiger partial charge in [0.05, 0.1) is 13.2 Å². The van der Waals surface area contributed by atoms with E-state index < -0.39 is 11.6 Å². The molecule has 1 aromatic rings. The van der Waals surface area contributed by atoms with Crippen molar-refractivity contribution in [3.8, 4) is 0 Å². The molecule has 2 bridgehead atoms. The minimum Gasteiger partial charge on any atom is -0.378 e. The number of nitrogens with zero attached hydrogens (tertiary/aromatic N) is 1. The number of hydrogen-bond donors (Lipinski definition) is 0. The van der Waals surface area contributed by atoms with E-state index in [2.05, 4.69) is 11.9 Å². The van der Waals surface area contributed by atoms with Gasteiger partial charge in [0.2, 0.25) is 0 Å². The fraction of sp³-hybridized carbons (Fsp3) is 0.562. The van der Waals surface area contributed by atoms with Crippen LogP contribution in [0.25, 0.3) is 0 Å². The van der Waals surface area contributed by atoms with Crippen LogP contribution in [0, 0.1) is 17.6 Å².